The highest BCUT2D eigenvalue weighted by Gasteiger charge is 2.47. The third-order valence-corrected chi connectivity index (χ3v) is 12.0. The summed E-state index contributed by atoms with van der Waals surface area (Å²) in [4.78, 5) is 25.7. The molecule has 0 aliphatic carbocycles. The molecule has 2 fully saturated rings. The quantitative estimate of drug-likeness (QED) is 0.0208. The predicted molar refractivity (Wildman–Crippen MR) is 238 cm³/mol. The molecule has 2 heterocycles. The third-order valence-electron chi connectivity index (χ3n) is 12.0. The second-order valence-corrected chi connectivity index (χ2v) is 17.6. The lowest BCUT2D eigenvalue weighted by molar-refractivity contribution is -0.332. The van der Waals surface area contributed by atoms with Crippen LogP contribution in [0.3, 0.4) is 0 Å². The van der Waals surface area contributed by atoms with Gasteiger partial charge in [-0.2, -0.15) is 0 Å². The van der Waals surface area contributed by atoms with E-state index in [2.05, 4.69) is 26.0 Å². The molecule has 2 aliphatic rings. The van der Waals surface area contributed by atoms with Gasteiger partial charge in [-0.1, -0.05) is 148 Å². The van der Waals surface area contributed by atoms with Gasteiger partial charge in [-0.05, 0) is 38.5 Å². The van der Waals surface area contributed by atoms with Crippen molar-refractivity contribution in [2.45, 2.75) is 255 Å². The van der Waals surface area contributed by atoms with Gasteiger partial charge in [-0.3, -0.25) is 9.59 Å². The third kappa shape index (κ3) is 25.1. The molecule has 0 aromatic rings. The first-order valence-electron chi connectivity index (χ1n) is 24.8. The summed E-state index contributed by atoms with van der Waals surface area (Å²) in [5.41, 5.74) is 0. The summed E-state index contributed by atoms with van der Waals surface area (Å²) in [7, 11) is 0. The molecule has 2 aliphatic heterocycles. The lowest BCUT2D eigenvalue weighted by Gasteiger charge is -2.42. The van der Waals surface area contributed by atoms with E-state index in [1.54, 1.807) is 0 Å². The molecule has 2 saturated heterocycles. The van der Waals surface area contributed by atoms with Gasteiger partial charge in [0.25, 0.3) is 0 Å². The fourth-order valence-corrected chi connectivity index (χ4v) is 7.86. The Morgan fingerprint density at radius 2 is 0.905 bits per heavy atom. The van der Waals surface area contributed by atoms with Gasteiger partial charge in [0.05, 0.1) is 19.8 Å². The van der Waals surface area contributed by atoms with Crippen molar-refractivity contribution in [1.29, 1.82) is 0 Å². The van der Waals surface area contributed by atoms with Crippen molar-refractivity contribution in [3.8, 4) is 0 Å². The monoisotopic (exact) mass is 905 g/mol. The molecule has 0 spiro atoms. The number of carbonyl (C=O) groups is 2. The maximum atomic E-state index is 12.9. The van der Waals surface area contributed by atoms with Gasteiger partial charge in [0.1, 0.15) is 55.4 Å². The van der Waals surface area contributed by atoms with Gasteiger partial charge in [0.2, 0.25) is 0 Å². The maximum absolute atomic E-state index is 12.9. The van der Waals surface area contributed by atoms with E-state index in [-0.39, 0.29) is 26.1 Å². The van der Waals surface area contributed by atoms with Gasteiger partial charge >= 0.3 is 11.9 Å². The molecular formula is C48H88O15. The first-order chi connectivity index (χ1) is 30.5. The Balaban J connectivity index is 1.83. The molecule has 11 atom stereocenters. The molecule has 2 rings (SSSR count). The van der Waals surface area contributed by atoms with E-state index in [0.717, 1.165) is 44.9 Å². The number of unbranched alkanes of at least 4 members (excludes halogenated alkanes) is 22. The van der Waals surface area contributed by atoms with Crippen molar-refractivity contribution in [1.82, 2.24) is 0 Å². The summed E-state index contributed by atoms with van der Waals surface area (Å²) in [6, 6.07) is 0. The molecular weight excluding hydrogens is 817 g/mol. The average molecular weight is 905 g/mol. The molecule has 63 heavy (non-hydrogen) atoms. The Kier molecular flexibility index (Phi) is 33.1. The number of esters is 2. The van der Waals surface area contributed by atoms with Crippen molar-refractivity contribution < 1.29 is 73.8 Å². The minimum Gasteiger partial charge on any atom is -0.462 e. The smallest absolute Gasteiger partial charge is 0.306 e. The highest BCUT2D eigenvalue weighted by molar-refractivity contribution is 5.70. The molecule has 4 unspecified atom stereocenters. The van der Waals surface area contributed by atoms with Crippen LogP contribution in [-0.2, 0) is 38.0 Å². The lowest BCUT2D eigenvalue weighted by Crippen LogP contribution is -2.61. The topological polar surface area (TPSA) is 231 Å². The summed E-state index contributed by atoms with van der Waals surface area (Å²) in [6.45, 7) is 2.57. The summed E-state index contributed by atoms with van der Waals surface area (Å²) >= 11 is 0. The van der Waals surface area contributed by atoms with E-state index in [4.69, 9.17) is 28.4 Å². The molecule has 15 nitrogen and oxygen atoms in total. The predicted octanol–water partition coefficient (Wildman–Crippen LogP) is 6.21. The highest BCUT2D eigenvalue weighted by atomic mass is 16.7. The fraction of sp³-hybridized carbons (Fsp3) is 0.917. The van der Waals surface area contributed by atoms with Gasteiger partial charge in [-0.15, -0.1) is 0 Å². The Bertz CT molecular complexity index is 1160. The fourth-order valence-electron chi connectivity index (χ4n) is 7.86. The summed E-state index contributed by atoms with van der Waals surface area (Å²) < 4.78 is 33.5. The highest BCUT2D eigenvalue weighted by Crippen LogP contribution is 2.26. The first-order valence-corrected chi connectivity index (χ1v) is 24.8. The number of rotatable bonds is 38. The van der Waals surface area contributed by atoms with Crippen LogP contribution in [0.25, 0.3) is 0 Å². The molecule has 370 valence electrons. The Morgan fingerprint density at radius 3 is 1.41 bits per heavy atom. The number of aliphatic hydroxyl groups excluding tert-OH is 7. The van der Waals surface area contributed by atoms with Crippen molar-refractivity contribution in [2.75, 3.05) is 26.4 Å². The minimum atomic E-state index is -1.76. The summed E-state index contributed by atoms with van der Waals surface area (Å²) in [5, 5.41) is 71.9. The molecule has 0 bridgehead atoms. The van der Waals surface area contributed by atoms with E-state index in [9.17, 15) is 45.3 Å². The standard InChI is InChI=1S/C48H88O15/c1-3-5-7-9-11-13-15-17-19-20-22-24-26-28-30-39(50)58-33-36(61-40(51)31-29-27-25-23-21-18-16-14-12-10-8-6-4-2)34-59-47-46(57)44(55)42(53)38(63-47)35-60-48-45(56)43(54)41(52)37(32-49)62-48/h18,21,36-38,41-49,52-57H,3-17,19-20,22-35H2,1-2H3/b21-18+/t36-,37-,38-,41+,42+,43?,44?,45?,46?,47-,48-/m1/s1. The van der Waals surface area contributed by atoms with E-state index in [1.165, 1.54) is 103 Å². The number of hydrogen-bond acceptors (Lipinski definition) is 15. The molecule has 0 aromatic carbocycles. The molecule has 0 radical (unpaired) electrons. The molecule has 7 N–H and O–H groups in total. The van der Waals surface area contributed by atoms with Crippen molar-refractivity contribution >= 4 is 11.9 Å². The number of allylic oxidation sites excluding steroid dienone is 2. The summed E-state index contributed by atoms with van der Waals surface area (Å²) in [6.07, 6.45) is 16.7. The zero-order chi connectivity index (χ0) is 46.1. The SMILES string of the molecule is CCCCCCCC/C=C/CCCCCC(=O)O[C@H](COC(=O)CCCCCCCCCCCCCCCC)CO[C@@H]1O[C@H](CO[C@@H]2O[C@H](CO)[C@H](O)C(O)C2O)[C@H](O)C(O)C1O. The van der Waals surface area contributed by atoms with Crippen LogP contribution in [0.15, 0.2) is 12.2 Å². The average Bonchev–Trinajstić information content (AvgIpc) is 3.28. The zero-order valence-corrected chi connectivity index (χ0v) is 38.8. The van der Waals surface area contributed by atoms with Gasteiger partial charge in [0.15, 0.2) is 18.7 Å². The van der Waals surface area contributed by atoms with E-state index >= 15 is 0 Å². The molecule has 0 saturated carbocycles. The molecule has 0 aromatic heterocycles. The lowest BCUT2D eigenvalue weighted by atomic mass is 9.98. The van der Waals surface area contributed by atoms with Crippen LogP contribution in [0.1, 0.15) is 187 Å². The van der Waals surface area contributed by atoms with Crippen LogP contribution in [0.5, 0.6) is 0 Å². The summed E-state index contributed by atoms with van der Waals surface area (Å²) in [5.74, 6) is -0.936. The van der Waals surface area contributed by atoms with Crippen molar-refractivity contribution in [3.63, 3.8) is 0 Å². The van der Waals surface area contributed by atoms with Crippen molar-refractivity contribution in [2.24, 2.45) is 0 Å². The normalized spacial score (nSPS) is 26.9. The van der Waals surface area contributed by atoms with Crippen LogP contribution in [0.4, 0.5) is 0 Å². The number of aliphatic hydroxyl groups is 7. The Labute approximate surface area is 378 Å². The van der Waals surface area contributed by atoms with E-state index in [1.807, 2.05) is 0 Å². The van der Waals surface area contributed by atoms with Crippen LogP contribution >= 0.6 is 0 Å². The van der Waals surface area contributed by atoms with Crippen LogP contribution in [0, 0.1) is 0 Å². The van der Waals surface area contributed by atoms with Crippen LogP contribution < -0.4 is 0 Å². The Morgan fingerprint density at radius 1 is 0.492 bits per heavy atom. The Hall–Kier alpha value is -1.76. The number of carbonyl (C=O) groups excluding carboxylic acids is 2. The molecule has 15 heteroatoms. The number of ether oxygens (including phenoxy) is 6. The van der Waals surface area contributed by atoms with Crippen LogP contribution in [0.2, 0.25) is 0 Å². The van der Waals surface area contributed by atoms with Crippen molar-refractivity contribution in [3.05, 3.63) is 12.2 Å². The van der Waals surface area contributed by atoms with Gasteiger partial charge in [-0.25, -0.2) is 0 Å². The number of hydrogen-bond donors (Lipinski definition) is 7. The maximum Gasteiger partial charge on any atom is 0.306 e. The molecule has 0 amide bonds. The van der Waals surface area contributed by atoms with Gasteiger partial charge < -0.3 is 64.2 Å². The second kappa shape index (κ2) is 36.4. The minimum absolute atomic E-state index is 0.149. The van der Waals surface area contributed by atoms with Gasteiger partial charge in [0, 0.05) is 12.8 Å². The van der Waals surface area contributed by atoms with E-state index < -0.39 is 92.7 Å². The second-order valence-electron chi connectivity index (χ2n) is 17.6. The van der Waals surface area contributed by atoms with E-state index in [0.29, 0.717) is 12.8 Å². The largest absolute Gasteiger partial charge is 0.462 e. The van der Waals surface area contributed by atoms with Crippen LogP contribution in [-0.4, -0.2) is 142 Å². The first kappa shape index (κ1) is 57.4. The zero-order valence-electron chi connectivity index (χ0n) is 38.8.